The molecule has 2 aliphatic rings. The third kappa shape index (κ3) is 15.6. The molecule has 2 aliphatic heterocycles. The standard InChI is InChI=1S/C21H26N4O.3C2HF3O2/c26-20(13-18-3-1-8-22-14-18)25-11-6-21(7-12-25)5-10-24(17-21)16-19-4-2-9-23-15-19;3*3-2(4,5)1(6)7/h1-4,8-9,14-15H,5-7,10-13,16-17H2;3*(H,6,7). The van der Waals surface area contributed by atoms with Gasteiger partial charge in [-0.1, -0.05) is 12.1 Å². The molecule has 1 spiro atoms. The molecule has 47 heavy (non-hydrogen) atoms. The average Bonchev–Trinajstić information content (AvgIpc) is 3.35. The molecule has 2 saturated heterocycles. The number of carboxylic acids is 3. The van der Waals surface area contributed by atoms with Crippen molar-refractivity contribution in [3.63, 3.8) is 0 Å². The molecule has 20 heteroatoms. The first-order chi connectivity index (χ1) is 21.6. The topological polar surface area (TPSA) is 161 Å². The number of hydrogen-bond donors (Lipinski definition) is 3. The van der Waals surface area contributed by atoms with E-state index >= 15 is 0 Å². The van der Waals surface area contributed by atoms with Crippen molar-refractivity contribution in [2.75, 3.05) is 26.2 Å². The Morgan fingerprint density at radius 2 is 1.06 bits per heavy atom. The van der Waals surface area contributed by atoms with Crippen LogP contribution in [-0.2, 0) is 32.1 Å². The molecule has 0 bridgehead atoms. The van der Waals surface area contributed by atoms with Gasteiger partial charge in [-0.2, -0.15) is 39.5 Å². The molecule has 0 radical (unpaired) electrons. The van der Waals surface area contributed by atoms with E-state index in [-0.39, 0.29) is 5.91 Å². The quantitative estimate of drug-likeness (QED) is 0.391. The molecule has 3 N–H and O–H groups in total. The first-order valence-electron chi connectivity index (χ1n) is 13.2. The number of carbonyl (C=O) groups excluding carboxylic acids is 1. The Bertz CT molecular complexity index is 1240. The van der Waals surface area contributed by atoms with E-state index in [0.29, 0.717) is 11.8 Å². The zero-order valence-electron chi connectivity index (χ0n) is 24.1. The third-order valence-corrected chi connectivity index (χ3v) is 6.63. The minimum absolute atomic E-state index is 0.234. The highest BCUT2D eigenvalue weighted by atomic mass is 19.4. The number of carbonyl (C=O) groups is 4. The number of rotatable bonds is 4. The summed E-state index contributed by atoms with van der Waals surface area (Å²) in [5.41, 5.74) is 2.68. The third-order valence-electron chi connectivity index (χ3n) is 6.63. The van der Waals surface area contributed by atoms with Crippen molar-refractivity contribution >= 4 is 23.8 Å². The molecule has 0 saturated carbocycles. The average molecular weight is 693 g/mol. The monoisotopic (exact) mass is 692 g/mol. The molecule has 2 aromatic rings. The highest BCUT2D eigenvalue weighted by Gasteiger charge is 2.41. The number of hydrogen-bond acceptors (Lipinski definition) is 7. The Morgan fingerprint density at radius 3 is 1.43 bits per heavy atom. The lowest BCUT2D eigenvalue weighted by atomic mass is 9.77. The van der Waals surface area contributed by atoms with Gasteiger partial charge in [-0.05, 0) is 54.5 Å². The molecule has 2 aromatic heterocycles. The molecular weight excluding hydrogens is 663 g/mol. The molecule has 11 nitrogen and oxygen atoms in total. The molecular formula is C27H29F9N4O7. The number of halogens is 9. The van der Waals surface area contributed by atoms with Crippen molar-refractivity contribution in [3.8, 4) is 0 Å². The van der Waals surface area contributed by atoms with Crippen LogP contribution in [0.2, 0.25) is 0 Å². The van der Waals surface area contributed by atoms with Crippen LogP contribution >= 0.6 is 0 Å². The second-order valence-corrected chi connectivity index (χ2v) is 10.1. The smallest absolute Gasteiger partial charge is 0.475 e. The summed E-state index contributed by atoms with van der Waals surface area (Å²) in [5, 5.41) is 21.4. The van der Waals surface area contributed by atoms with Crippen LogP contribution in [0, 0.1) is 5.41 Å². The van der Waals surface area contributed by atoms with Gasteiger partial charge in [-0.3, -0.25) is 19.7 Å². The molecule has 2 fully saturated rings. The Morgan fingerprint density at radius 1 is 0.681 bits per heavy atom. The van der Waals surface area contributed by atoms with Gasteiger partial charge in [-0.15, -0.1) is 0 Å². The van der Waals surface area contributed by atoms with Crippen molar-refractivity contribution in [1.82, 2.24) is 19.8 Å². The predicted molar refractivity (Wildman–Crippen MR) is 141 cm³/mol. The highest BCUT2D eigenvalue weighted by molar-refractivity contribution is 5.78. The fraction of sp³-hybridized carbons (Fsp3) is 0.481. The summed E-state index contributed by atoms with van der Waals surface area (Å²) < 4.78 is 95.2. The summed E-state index contributed by atoms with van der Waals surface area (Å²) >= 11 is 0. The van der Waals surface area contributed by atoms with Crippen LogP contribution in [-0.4, -0.2) is 104 Å². The van der Waals surface area contributed by atoms with Crippen molar-refractivity contribution in [3.05, 3.63) is 60.2 Å². The van der Waals surface area contributed by atoms with Gasteiger partial charge < -0.3 is 20.2 Å². The summed E-state index contributed by atoms with van der Waals surface area (Å²) in [7, 11) is 0. The number of amides is 1. The lowest BCUT2D eigenvalue weighted by Gasteiger charge is -2.39. The van der Waals surface area contributed by atoms with Gasteiger partial charge in [0, 0.05) is 51.0 Å². The second kappa shape index (κ2) is 17.4. The summed E-state index contributed by atoms with van der Waals surface area (Å²) in [6, 6.07) is 8.03. The largest absolute Gasteiger partial charge is 0.490 e. The van der Waals surface area contributed by atoms with E-state index in [1.807, 2.05) is 35.5 Å². The summed E-state index contributed by atoms with van der Waals surface area (Å²) in [4.78, 5) is 52.2. The van der Waals surface area contributed by atoms with E-state index in [1.54, 1.807) is 12.4 Å². The van der Waals surface area contributed by atoms with Crippen LogP contribution in [0.5, 0.6) is 0 Å². The highest BCUT2D eigenvalue weighted by Crippen LogP contribution is 2.40. The van der Waals surface area contributed by atoms with Crippen molar-refractivity contribution < 1.29 is 74.0 Å². The Hall–Kier alpha value is -4.49. The maximum absolute atomic E-state index is 12.6. The van der Waals surface area contributed by atoms with Crippen LogP contribution in [0.3, 0.4) is 0 Å². The van der Waals surface area contributed by atoms with Gasteiger partial charge in [0.25, 0.3) is 0 Å². The lowest BCUT2D eigenvalue weighted by molar-refractivity contribution is -0.193. The SMILES string of the molecule is O=C(Cc1cccnc1)N1CCC2(CCN(Cc3cccnc3)C2)CC1.O=C(O)C(F)(F)F.O=C(O)C(F)(F)F.O=C(O)C(F)(F)F. The fourth-order valence-corrected chi connectivity index (χ4v) is 4.34. The van der Waals surface area contributed by atoms with Gasteiger partial charge in [0.05, 0.1) is 6.42 Å². The van der Waals surface area contributed by atoms with Crippen LogP contribution in [0.15, 0.2) is 49.1 Å². The van der Waals surface area contributed by atoms with Crippen LogP contribution in [0.25, 0.3) is 0 Å². The summed E-state index contributed by atoms with van der Waals surface area (Å²) in [5.74, 6) is -8.04. The van der Waals surface area contributed by atoms with Gasteiger partial charge in [0.2, 0.25) is 5.91 Å². The molecule has 1 amide bonds. The number of likely N-dealkylation sites (tertiary alicyclic amines) is 2. The van der Waals surface area contributed by atoms with Crippen molar-refractivity contribution in [2.24, 2.45) is 5.41 Å². The van der Waals surface area contributed by atoms with Crippen LogP contribution in [0.1, 0.15) is 30.4 Å². The first kappa shape index (κ1) is 40.5. The van der Waals surface area contributed by atoms with Gasteiger partial charge in [0.1, 0.15) is 0 Å². The normalized spacial score (nSPS) is 16.0. The molecule has 0 unspecified atom stereocenters. The van der Waals surface area contributed by atoms with E-state index in [4.69, 9.17) is 29.7 Å². The van der Waals surface area contributed by atoms with E-state index in [1.165, 1.54) is 12.0 Å². The zero-order valence-corrected chi connectivity index (χ0v) is 24.1. The maximum atomic E-state index is 12.6. The lowest BCUT2D eigenvalue weighted by Crippen LogP contribution is -2.44. The molecule has 4 heterocycles. The molecule has 262 valence electrons. The van der Waals surface area contributed by atoms with Gasteiger partial charge in [0.15, 0.2) is 0 Å². The predicted octanol–water partition coefficient (Wildman–Crippen LogP) is 4.43. The van der Waals surface area contributed by atoms with E-state index < -0.39 is 36.4 Å². The van der Waals surface area contributed by atoms with Gasteiger partial charge >= 0.3 is 36.4 Å². The minimum Gasteiger partial charge on any atom is -0.475 e. The number of nitrogens with zero attached hydrogens (tertiary/aromatic N) is 4. The number of alkyl halides is 9. The Balaban J connectivity index is 0.000000430. The second-order valence-electron chi connectivity index (χ2n) is 10.1. The van der Waals surface area contributed by atoms with Gasteiger partial charge in [-0.25, -0.2) is 14.4 Å². The zero-order chi connectivity index (χ0) is 36.1. The molecule has 0 aliphatic carbocycles. The van der Waals surface area contributed by atoms with Crippen molar-refractivity contribution in [2.45, 2.75) is 50.8 Å². The minimum atomic E-state index is -5.08. The van der Waals surface area contributed by atoms with E-state index in [2.05, 4.69) is 20.9 Å². The molecule has 4 rings (SSSR count). The fourth-order valence-electron chi connectivity index (χ4n) is 4.34. The summed E-state index contributed by atoms with van der Waals surface area (Å²) in [6.07, 6.45) is -3.97. The first-order valence-corrected chi connectivity index (χ1v) is 13.2. The van der Waals surface area contributed by atoms with E-state index in [9.17, 15) is 44.3 Å². The number of carboxylic acid groups (broad SMARTS) is 3. The molecule has 0 aromatic carbocycles. The number of piperidine rings is 1. The molecule has 0 atom stereocenters. The number of pyridine rings is 2. The Kier molecular flexibility index (Phi) is 15.0. The number of aromatic nitrogens is 2. The van der Waals surface area contributed by atoms with Crippen molar-refractivity contribution in [1.29, 1.82) is 0 Å². The maximum Gasteiger partial charge on any atom is 0.490 e. The Labute approximate surface area is 260 Å². The summed E-state index contributed by atoms with van der Waals surface area (Å²) in [6.45, 7) is 5.06. The van der Waals surface area contributed by atoms with E-state index in [0.717, 1.165) is 51.1 Å². The van der Waals surface area contributed by atoms with Crippen LogP contribution < -0.4 is 0 Å². The number of aliphatic carboxylic acids is 3. The van der Waals surface area contributed by atoms with Crippen LogP contribution in [0.4, 0.5) is 39.5 Å².